The van der Waals surface area contributed by atoms with Crippen molar-refractivity contribution in [3.63, 3.8) is 0 Å². The minimum atomic E-state index is -0.845. The first-order valence-electron chi connectivity index (χ1n) is 10.4. The van der Waals surface area contributed by atoms with Gasteiger partial charge >= 0.3 is 12.1 Å². The van der Waals surface area contributed by atoms with E-state index in [1.54, 1.807) is 6.92 Å². The predicted molar refractivity (Wildman–Crippen MR) is 126 cm³/mol. The van der Waals surface area contributed by atoms with E-state index in [0.717, 1.165) is 11.1 Å². The summed E-state index contributed by atoms with van der Waals surface area (Å²) in [4.78, 5) is 34.1. The first kappa shape index (κ1) is 22.1. The number of ether oxygens (including phenoxy) is 1. The fraction of sp³-hybridized carbons (Fsp3) is 0.261. The van der Waals surface area contributed by atoms with Crippen molar-refractivity contribution in [1.82, 2.24) is 15.1 Å². The van der Waals surface area contributed by atoms with Crippen LogP contribution in [-0.4, -0.2) is 32.3 Å². The second kappa shape index (κ2) is 8.55. The number of aryl methyl sites for hydroxylation is 1. The van der Waals surface area contributed by atoms with Gasteiger partial charge in [-0.2, -0.15) is 0 Å². The van der Waals surface area contributed by atoms with E-state index in [9.17, 15) is 14.7 Å². The van der Waals surface area contributed by atoms with Crippen molar-refractivity contribution in [2.45, 2.75) is 38.2 Å². The van der Waals surface area contributed by atoms with E-state index in [0.29, 0.717) is 32.5 Å². The van der Waals surface area contributed by atoms with E-state index in [1.165, 1.54) is 28.9 Å². The highest BCUT2D eigenvalue weighted by Crippen LogP contribution is 2.50. The Labute approximate surface area is 201 Å². The van der Waals surface area contributed by atoms with Crippen molar-refractivity contribution in [3.8, 4) is 11.8 Å². The summed E-state index contributed by atoms with van der Waals surface area (Å²) in [6, 6.07) is 7.68. The fourth-order valence-electron chi connectivity index (χ4n) is 3.48. The van der Waals surface area contributed by atoms with Gasteiger partial charge in [-0.15, -0.1) is 0 Å². The van der Waals surface area contributed by atoms with Gasteiger partial charge in [0.2, 0.25) is 5.76 Å². The largest absolute Gasteiger partial charge is 0.481 e. The van der Waals surface area contributed by atoms with Gasteiger partial charge in [0, 0.05) is 0 Å². The highest BCUT2D eigenvalue weighted by atomic mass is 32.1. The molecule has 0 aliphatic heterocycles. The molecule has 9 nitrogen and oxygen atoms in total. The first-order chi connectivity index (χ1) is 16.4. The summed E-state index contributed by atoms with van der Waals surface area (Å²) < 4.78 is 10.6. The highest BCUT2D eigenvalue weighted by molar-refractivity contribution is 7.26. The van der Waals surface area contributed by atoms with Crippen LogP contribution in [0.3, 0.4) is 0 Å². The van der Waals surface area contributed by atoms with Crippen molar-refractivity contribution >= 4 is 50.1 Å². The third kappa shape index (κ3) is 4.13. The molecule has 1 aromatic carbocycles. The van der Waals surface area contributed by atoms with Gasteiger partial charge in [0.15, 0.2) is 14.7 Å². The Morgan fingerprint density at radius 3 is 2.68 bits per heavy atom. The van der Waals surface area contributed by atoms with Gasteiger partial charge in [0.25, 0.3) is 0 Å². The zero-order chi connectivity index (χ0) is 23.9. The number of hydrogen-bond donors (Lipinski definition) is 2. The van der Waals surface area contributed by atoms with E-state index < -0.39 is 23.6 Å². The van der Waals surface area contributed by atoms with Crippen LogP contribution in [0.5, 0.6) is 0 Å². The van der Waals surface area contributed by atoms with Crippen molar-refractivity contribution < 1.29 is 24.0 Å². The van der Waals surface area contributed by atoms with Gasteiger partial charge in [-0.25, -0.2) is 14.8 Å². The Morgan fingerprint density at radius 1 is 1.21 bits per heavy atom. The Balaban J connectivity index is 1.27. The average Bonchev–Trinajstić information content (AvgIpc) is 3.12. The number of fused-ring (bicyclic) bond motifs is 1. The van der Waals surface area contributed by atoms with Crippen LogP contribution >= 0.6 is 22.7 Å². The lowest BCUT2D eigenvalue weighted by Crippen LogP contribution is -2.18. The van der Waals surface area contributed by atoms with Crippen LogP contribution in [0.15, 0.2) is 35.0 Å². The van der Waals surface area contributed by atoms with Crippen molar-refractivity contribution in [3.05, 3.63) is 57.4 Å². The number of nitrogens with zero attached hydrogens (tertiary/aromatic N) is 3. The van der Waals surface area contributed by atoms with Crippen LogP contribution in [0.1, 0.15) is 52.8 Å². The number of aromatic nitrogens is 3. The lowest BCUT2D eigenvalue weighted by molar-refractivity contribution is -0.140. The predicted octanol–water partition coefficient (Wildman–Crippen LogP) is 4.87. The Bertz CT molecular complexity index is 1440. The zero-order valence-electron chi connectivity index (χ0n) is 18.1. The molecule has 5 rings (SSSR count). The van der Waals surface area contributed by atoms with Gasteiger partial charge in [-0.3, -0.25) is 10.1 Å². The minimum absolute atomic E-state index is 0.163. The molecule has 1 amide bonds. The lowest BCUT2D eigenvalue weighted by atomic mass is 10.1. The topological polar surface area (TPSA) is 127 Å². The molecule has 172 valence electrons. The Morgan fingerprint density at radius 2 is 1.97 bits per heavy atom. The van der Waals surface area contributed by atoms with Crippen LogP contribution in [0.25, 0.3) is 9.66 Å². The Kier molecular flexibility index (Phi) is 5.55. The number of hydrogen-bond acceptors (Lipinski definition) is 9. The number of carbonyl (C=O) groups is 2. The van der Waals surface area contributed by atoms with Crippen molar-refractivity contribution in [2.75, 3.05) is 5.32 Å². The van der Waals surface area contributed by atoms with E-state index in [-0.39, 0.29) is 11.4 Å². The van der Waals surface area contributed by atoms with E-state index in [1.807, 2.05) is 31.2 Å². The molecule has 34 heavy (non-hydrogen) atoms. The van der Waals surface area contributed by atoms with E-state index >= 15 is 0 Å². The molecule has 1 unspecified atom stereocenters. The smallest absolute Gasteiger partial charge is 0.412 e. The molecular weight excluding hydrogens is 476 g/mol. The summed E-state index contributed by atoms with van der Waals surface area (Å²) in [7, 11) is 0. The number of carbonyl (C=O) groups excluding carboxylic acids is 1. The number of carboxylic acid groups (broad SMARTS) is 1. The number of anilines is 1. The summed E-state index contributed by atoms with van der Waals surface area (Å²) in [6.07, 6.45) is 1.46. The molecule has 3 heterocycles. The van der Waals surface area contributed by atoms with Crippen LogP contribution in [0, 0.1) is 18.8 Å². The van der Waals surface area contributed by atoms with Crippen LogP contribution < -0.4 is 5.32 Å². The number of thiazole rings is 2. The summed E-state index contributed by atoms with van der Waals surface area (Å²) in [5.41, 5.74) is 1.38. The van der Waals surface area contributed by atoms with Crippen LogP contribution in [0.4, 0.5) is 10.5 Å². The van der Waals surface area contributed by atoms with Gasteiger partial charge in [-0.05, 0) is 49.7 Å². The standard InChI is InChI=1S/C23H18N4O5S2/c1-12-5-3-4-6-14(12)13(2)31-22(30)25-15-11-24-32-16(15)7-8-17-26-18-19(33-17)27-20(34-18)23(9-10-23)21(28)29/h3-6,11,13H,9-10H2,1-2H3,(H,25,30)(H,28,29). The molecule has 1 aliphatic carbocycles. The molecule has 3 aromatic heterocycles. The number of amides is 1. The molecule has 1 atom stereocenters. The molecule has 0 saturated heterocycles. The van der Waals surface area contributed by atoms with Gasteiger partial charge in [-0.1, -0.05) is 52.1 Å². The van der Waals surface area contributed by atoms with Gasteiger partial charge in [0.05, 0.1) is 6.20 Å². The second-order valence-electron chi connectivity index (χ2n) is 7.88. The SMILES string of the molecule is Cc1ccccc1C(C)OC(=O)Nc1cnoc1C#Cc1nc2sc(C3(C(=O)O)CC3)nc2s1. The maximum Gasteiger partial charge on any atom is 0.412 e. The summed E-state index contributed by atoms with van der Waals surface area (Å²) in [5.74, 6) is 5.03. The first-order valence-corrected chi connectivity index (χ1v) is 12.0. The monoisotopic (exact) mass is 494 g/mol. The maximum atomic E-state index is 12.4. The molecule has 0 bridgehead atoms. The molecule has 0 radical (unpaired) electrons. The van der Waals surface area contributed by atoms with Crippen LogP contribution in [-0.2, 0) is 14.9 Å². The third-order valence-electron chi connectivity index (χ3n) is 5.54. The fourth-order valence-corrected chi connectivity index (χ4v) is 5.61. The molecular formula is C23H18N4O5S2. The molecule has 0 spiro atoms. The summed E-state index contributed by atoms with van der Waals surface area (Å²) in [6.45, 7) is 3.75. The van der Waals surface area contributed by atoms with Crippen molar-refractivity contribution in [1.29, 1.82) is 0 Å². The quantitative estimate of drug-likeness (QED) is 0.376. The highest BCUT2D eigenvalue weighted by Gasteiger charge is 2.54. The van der Waals surface area contributed by atoms with E-state index in [2.05, 4.69) is 32.3 Å². The zero-order valence-corrected chi connectivity index (χ0v) is 19.7. The molecule has 1 fully saturated rings. The number of rotatable bonds is 5. The number of nitrogens with one attached hydrogen (secondary N) is 1. The number of benzene rings is 1. The van der Waals surface area contributed by atoms with Crippen LogP contribution in [0.2, 0.25) is 0 Å². The third-order valence-corrected chi connectivity index (χ3v) is 7.69. The Hall–Kier alpha value is -3.75. The van der Waals surface area contributed by atoms with Crippen molar-refractivity contribution in [2.24, 2.45) is 0 Å². The van der Waals surface area contributed by atoms with Gasteiger partial charge < -0.3 is 14.4 Å². The lowest BCUT2D eigenvalue weighted by Gasteiger charge is -2.15. The van der Waals surface area contributed by atoms with E-state index in [4.69, 9.17) is 9.26 Å². The molecule has 2 N–H and O–H groups in total. The summed E-state index contributed by atoms with van der Waals surface area (Å²) in [5, 5.41) is 16.8. The maximum absolute atomic E-state index is 12.4. The number of aliphatic carboxylic acids is 1. The minimum Gasteiger partial charge on any atom is -0.481 e. The summed E-state index contributed by atoms with van der Waals surface area (Å²) >= 11 is 2.56. The average molecular weight is 495 g/mol. The molecule has 11 heteroatoms. The molecule has 4 aromatic rings. The normalized spacial score (nSPS) is 14.8. The number of carboxylic acids is 1. The van der Waals surface area contributed by atoms with Gasteiger partial charge in [0.1, 0.15) is 22.2 Å². The second-order valence-corrected chi connectivity index (χ2v) is 9.84. The molecule has 1 saturated carbocycles. The molecule has 1 aliphatic rings.